The minimum atomic E-state index is -0.0903. The predicted octanol–water partition coefficient (Wildman–Crippen LogP) is 2.84. The van der Waals surface area contributed by atoms with Gasteiger partial charge in [-0.15, -0.1) is 0 Å². The first kappa shape index (κ1) is 19.5. The van der Waals surface area contributed by atoms with Crippen molar-refractivity contribution in [2.45, 2.75) is 39.3 Å². The van der Waals surface area contributed by atoms with Crippen LogP contribution in [0, 0.1) is 0 Å². The van der Waals surface area contributed by atoms with Gasteiger partial charge in [0.1, 0.15) is 5.75 Å². The lowest BCUT2D eigenvalue weighted by Gasteiger charge is -2.10. The Morgan fingerprint density at radius 1 is 0.885 bits per heavy atom. The zero-order valence-corrected chi connectivity index (χ0v) is 15.3. The molecule has 0 saturated heterocycles. The van der Waals surface area contributed by atoms with Gasteiger partial charge in [0.05, 0.1) is 12.5 Å². The Labute approximate surface area is 154 Å². The van der Waals surface area contributed by atoms with Gasteiger partial charge in [0, 0.05) is 19.5 Å². The maximum absolute atomic E-state index is 11.9. The molecule has 2 N–H and O–H groups in total. The van der Waals surface area contributed by atoms with E-state index in [9.17, 15) is 9.59 Å². The van der Waals surface area contributed by atoms with Gasteiger partial charge >= 0.3 is 0 Å². The summed E-state index contributed by atoms with van der Waals surface area (Å²) < 4.78 is 5.59. The van der Waals surface area contributed by atoms with E-state index in [0.717, 1.165) is 16.9 Å². The van der Waals surface area contributed by atoms with Crippen LogP contribution in [0.25, 0.3) is 0 Å². The smallest absolute Gasteiger partial charge is 0.224 e. The zero-order chi connectivity index (χ0) is 18.8. The van der Waals surface area contributed by atoms with E-state index in [1.54, 1.807) is 0 Å². The normalized spacial score (nSPS) is 10.4. The molecule has 0 radical (unpaired) electrons. The molecule has 0 aliphatic carbocycles. The van der Waals surface area contributed by atoms with Crippen molar-refractivity contribution in [2.75, 3.05) is 6.54 Å². The summed E-state index contributed by atoms with van der Waals surface area (Å²) in [6.45, 7) is 4.75. The van der Waals surface area contributed by atoms with Crippen molar-refractivity contribution >= 4 is 11.8 Å². The Kier molecular flexibility index (Phi) is 7.68. The highest BCUT2D eigenvalue weighted by molar-refractivity contribution is 5.80. The molecule has 2 rings (SSSR count). The Hall–Kier alpha value is -2.82. The highest BCUT2D eigenvalue weighted by Crippen LogP contribution is 2.13. The molecule has 0 fully saturated rings. The highest BCUT2D eigenvalue weighted by atomic mass is 16.5. The molecule has 0 unspecified atom stereocenters. The maximum atomic E-state index is 11.9. The third-order valence-corrected chi connectivity index (χ3v) is 3.67. The molecular weight excluding hydrogens is 328 g/mol. The monoisotopic (exact) mass is 354 g/mol. The lowest BCUT2D eigenvalue weighted by atomic mass is 10.1. The van der Waals surface area contributed by atoms with Crippen LogP contribution in [-0.2, 0) is 22.6 Å². The van der Waals surface area contributed by atoms with E-state index >= 15 is 0 Å². The van der Waals surface area contributed by atoms with Crippen LogP contribution in [0.3, 0.4) is 0 Å². The van der Waals surface area contributed by atoms with Gasteiger partial charge in [-0.1, -0.05) is 42.5 Å². The molecule has 2 aromatic carbocycles. The third-order valence-electron chi connectivity index (χ3n) is 3.67. The van der Waals surface area contributed by atoms with Crippen LogP contribution in [0.15, 0.2) is 54.6 Å². The quantitative estimate of drug-likeness (QED) is 0.728. The molecule has 0 spiro atoms. The topological polar surface area (TPSA) is 67.4 Å². The molecule has 0 saturated carbocycles. The Balaban J connectivity index is 1.63. The standard InChI is InChI=1S/C21H26N2O3/c1-16(2)26-19-10-8-18(9-11-19)15-23-20(24)12-13-22-21(25)14-17-6-4-3-5-7-17/h3-11,16H,12-15H2,1-2H3,(H,22,25)(H,23,24). The van der Waals surface area contributed by atoms with E-state index in [1.165, 1.54) is 0 Å². The minimum Gasteiger partial charge on any atom is -0.491 e. The van der Waals surface area contributed by atoms with Gasteiger partial charge in [0.25, 0.3) is 0 Å². The maximum Gasteiger partial charge on any atom is 0.224 e. The van der Waals surface area contributed by atoms with Gasteiger partial charge < -0.3 is 15.4 Å². The number of carbonyl (C=O) groups excluding carboxylic acids is 2. The summed E-state index contributed by atoms with van der Waals surface area (Å²) in [7, 11) is 0. The van der Waals surface area contributed by atoms with Crippen molar-refractivity contribution in [3.63, 3.8) is 0 Å². The lowest BCUT2D eigenvalue weighted by molar-refractivity contribution is -0.122. The molecule has 0 atom stereocenters. The lowest BCUT2D eigenvalue weighted by Crippen LogP contribution is -2.31. The van der Waals surface area contributed by atoms with Crippen molar-refractivity contribution in [1.82, 2.24) is 10.6 Å². The van der Waals surface area contributed by atoms with Gasteiger partial charge in [0.2, 0.25) is 11.8 Å². The number of carbonyl (C=O) groups is 2. The number of amides is 2. The van der Waals surface area contributed by atoms with Crippen LogP contribution in [0.5, 0.6) is 5.75 Å². The van der Waals surface area contributed by atoms with Crippen molar-refractivity contribution in [2.24, 2.45) is 0 Å². The average molecular weight is 354 g/mol. The van der Waals surface area contributed by atoms with Crippen molar-refractivity contribution in [3.8, 4) is 5.75 Å². The number of ether oxygens (including phenoxy) is 1. The van der Waals surface area contributed by atoms with Crippen molar-refractivity contribution in [1.29, 1.82) is 0 Å². The zero-order valence-electron chi connectivity index (χ0n) is 15.3. The molecule has 0 aliphatic heterocycles. The molecule has 0 bridgehead atoms. The summed E-state index contributed by atoms with van der Waals surface area (Å²) in [4.78, 5) is 23.7. The van der Waals surface area contributed by atoms with E-state index < -0.39 is 0 Å². The molecule has 0 aromatic heterocycles. The second-order valence-electron chi connectivity index (χ2n) is 6.35. The molecule has 5 heteroatoms. The fourth-order valence-electron chi connectivity index (χ4n) is 2.41. The van der Waals surface area contributed by atoms with Crippen LogP contribution in [0.4, 0.5) is 0 Å². The fourth-order valence-corrected chi connectivity index (χ4v) is 2.41. The van der Waals surface area contributed by atoms with E-state index in [1.807, 2.05) is 68.4 Å². The second kappa shape index (κ2) is 10.2. The van der Waals surface area contributed by atoms with Crippen LogP contribution in [0.2, 0.25) is 0 Å². The van der Waals surface area contributed by atoms with Gasteiger partial charge in [-0.25, -0.2) is 0 Å². The van der Waals surface area contributed by atoms with E-state index in [2.05, 4.69) is 10.6 Å². The Morgan fingerprint density at radius 2 is 1.58 bits per heavy atom. The summed E-state index contributed by atoms with van der Waals surface area (Å²) in [5.41, 5.74) is 1.96. The van der Waals surface area contributed by atoms with Gasteiger partial charge in [0.15, 0.2) is 0 Å². The van der Waals surface area contributed by atoms with Crippen LogP contribution >= 0.6 is 0 Å². The highest BCUT2D eigenvalue weighted by Gasteiger charge is 2.05. The molecule has 138 valence electrons. The first-order valence-electron chi connectivity index (χ1n) is 8.86. The van der Waals surface area contributed by atoms with Crippen LogP contribution in [-0.4, -0.2) is 24.5 Å². The second-order valence-corrected chi connectivity index (χ2v) is 6.35. The van der Waals surface area contributed by atoms with E-state index in [4.69, 9.17) is 4.74 Å². The Morgan fingerprint density at radius 3 is 2.23 bits per heavy atom. The summed E-state index contributed by atoms with van der Waals surface area (Å²) in [6, 6.07) is 17.2. The minimum absolute atomic E-state index is 0.0789. The number of rotatable bonds is 9. The molecular formula is C21H26N2O3. The largest absolute Gasteiger partial charge is 0.491 e. The van der Waals surface area contributed by atoms with Crippen LogP contribution < -0.4 is 15.4 Å². The van der Waals surface area contributed by atoms with E-state index in [-0.39, 0.29) is 24.3 Å². The molecule has 0 heterocycles. The average Bonchev–Trinajstić information content (AvgIpc) is 2.61. The van der Waals surface area contributed by atoms with E-state index in [0.29, 0.717) is 19.5 Å². The molecule has 2 amide bonds. The van der Waals surface area contributed by atoms with Crippen molar-refractivity contribution in [3.05, 3.63) is 65.7 Å². The Bertz CT molecular complexity index is 697. The van der Waals surface area contributed by atoms with Gasteiger partial charge in [-0.05, 0) is 37.1 Å². The SMILES string of the molecule is CC(C)Oc1ccc(CNC(=O)CCNC(=O)Cc2ccccc2)cc1. The summed E-state index contributed by atoms with van der Waals surface area (Å²) in [5.74, 6) is 0.647. The number of hydrogen-bond donors (Lipinski definition) is 2. The number of nitrogens with one attached hydrogen (secondary N) is 2. The third kappa shape index (κ3) is 7.38. The number of hydrogen-bond acceptors (Lipinski definition) is 3. The summed E-state index contributed by atoms with van der Waals surface area (Å²) in [6.07, 6.45) is 0.722. The number of benzene rings is 2. The first-order valence-corrected chi connectivity index (χ1v) is 8.86. The van der Waals surface area contributed by atoms with Crippen LogP contribution in [0.1, 0.15) is 31.4 Å². The molecule has 0 aliphatic rings. The molecule has 26 heavy (non-hydrogen) atoms. The molecule has 2 aromatic rings. The van der Waals surface area contributed by atoms with Gasteiger partial charge in [-0.2, -0.15) is 0 Å². The predicted molar refractivity (Wildman–Crippen MR) is 102 cm³/mol. The summed E-state index contributed by atoms with van der Waals surface area (Å²) in [5, 5.41) is 5.62. The fraction of sp³-hybridized carbons (Fsp3) is 0.333. The molecule has 5 nitrogen and oxygen atoms in total. The van der Waals surface area contributed by atoms with Crippen molar-refractivity contribution < 1.29 is 14.3 Å². The first-order chi connectivity index (χ1) is 12.5. The summed E-state index contributed by atoms with van der Waals surface area (Å²) >= 11 is 0. The van der Waals surface area contributed by atoms with Gasteiger partial charge in [-0.3, -0.25) is 9.59 Å².